The first-order valence-electron chi connectivity index (χ1n) is 5.36. The van der Waals surface area contributed by atoms with Crippen molar-refractivity contribution in [2.45, 2.75) is 19.0 Å². The molecule has 1 aromatic carbocycles. The molecule has 3 rings (SSSR count). The third kappa shape index (κ3) is 1.33. The van der Waals surface area contributed by atoms with Crippen LogP contribution in [0.1, 0.15) is 19.0 Å². The first-order chi connectivity index (χ1) is 7.36. The summed E-state index contributed by atoms with van der Waals surface area (Å²) >= 11 is 0. The van der Waals surface area contributed by atoms with E-state index in [2.05, 4.69) is 28.3 Å². The predicted molar refractivity (Wildman–Crippen MR) is 58.4 cm³/mol. The number of rotatable bonds is 1. The van der Waals surface area contributed by atoms with Crippen LogP contribution >= 0.6 is 0 Å². The van der Waals surface area contributed by atoms with Crippen LogP contribution in [0.4, 0.5) is 0 Å². The zero-order valence-electron chi connectivity index (χ0n) is 8.80. The van der Waals surface area contributed by atoms with Crippen molar-refractivity contribution in [2.75, 3.05) is 13.6 Å². The first-order valence-corrected chi connectivity index (χ1v) is 5.36. The van der Waals surface area contributed by atoms with E-state index in [1.807, 2.05) is 22.9 Å². The van der Waals surface area contributed by atoms with Crippen LogP contribution in [0.15, 0.2) is 24.3 Å². The summed E-state index contributed by atoms with van der Waals surface area (Å²) in [5.74, 6) is 0. The fraction of sp³-hybridized carbons (Fsp3) is 0.455. The zero-order chi connectivity index (χ0) is 10.3. The number of benzene rings is 1. The molecule has 1 atom stereocenters. The third-order valence-corrected chi connectivity index (χ3v) is 3.14. The van der Waals surface area contributed by atoms with Crippen molar-refractivity contribution in [3.05, 3.63) is 24.3 Å². The Balaban J connectivity index is 2.10. The van der Waals surface area contributed by atoms with Gasteiger partial charge in [-0.1, -0.05) is 17.3 Å². The molecule has 4 heteroatoms. The number of fused-ring (bicyclic) bond motifs is 1. The number of para-hydroxylation sites is 1. The van der Waals surface area contributed by atoms with Gasteiger partial charge in [-0.2, -0.15) is 0 Å². The molecule has 0 bridgehead atoms. The zero-order valence-corrected chi connectivity index (χ0v) is 8.80. The first kappa shape index (κ1) is 8.85. The Kier molecular flexibility index (Phi) is 1.95. The van der Waals surface area contributed by atoms with Gasteiger partial charge in [0.15, 0.2) is 0 Å². The van der Waals surface area contributed by atoms with Gasteiger partial charge in [-0.25, -0.2) is 4.68 Å². The number of likely N-dealkylation sites (tertiary alicyclic amines) is 1. The average molecular weight is 202 g/mol. The van der Waals surface area contributed by atoms with E-state index in [-0.39, 0.29) is 0 Å². The van der Waals surface area contributed by atoms with Gasteiger partial charge in [0, 0.05) is 0 Å². The monoisotopic (exact) mass is 202 g/mol. The van der Waals surface area contributed by atoms with Crippen molar-refractivity contribution < 1.29 is 0 Å². The molecule has 0 spiro atoms. The van der Waals surface area contributed by atoms with Crippen molar-refractivity contribution in [2.24, 2.45) is 0 Å². The van der Waals surface area contributed by atoms with Gasteiger partial charge in [-0.05, 0) is 38.6 Å². The molecule has 78 valence electrons. The van der Waals surface area contributed by atoms with E-state index in [1.165, 1.54) is 12.8 Å². The minimum absolute atomic E-state index is 0.386. The molecule has 1 saturated heterocycles. The van der Waals surface area contributed by atoms with Crippen LogP contribution in [0.2, 0.25) is 0 Å². The molecular weight excluding hydrogens is 188 g/mol. The maximum absolute atomic E-state index is 4.25. The van der Waals surface area contributed by atoms with Crippen LogP contribution in [-0.4, -0.2) is 33.5 Å². The van der Waals surface area contributed by atoms with Crippen LogP contribution < -0.4 is 0 Å². The van der Waals surface area contributed by atoms with Crippen molar-refractivity contribution in [1.29, 1.82) is 0 Å². The lowest BCUT2D eigenvalue weighted by atomic mass is 10.3. The smallest absolute Gasteiger partial charge is 0.113 e. The van der Waals surface area contributed by atoms with Gasteiger partial charge in [-0.15, -0.1) is 5.10 Å². The third-order valence-electron chi connectivity index (χ3n) is 3.14. The Morgan fingerprint density at radius 1 is 1.33 bits per heavy atom. The fourth-order valence-corrected chi connectivity index (χ4v) is 2.31. The highest BCUT2D eigenvalue weighted by molar-refractivity contribution is 5.73. The van der Waals surface area contributed by atoms with E-state index in [0.29, 0.717) is 6.17 Å². The summed E-state index contributed by atoms with van der Waals surface area (Å²) in [6, 6.07) is 8.13. The number of hydrogen-bond donors (Lipinski definition) is 0. The highest BCUT2D eigenvalue weighted by atomic mass is 15.5. The van der Waals surface area contributed by atoms with Gasteiger partial charge in [-0.3, -0.25) is 4.90 Å². The lowest BCUT2D eigenvalue weighted by Gasteiger charge is -2.19. The Morgan fingerprint density at radius 3 is 3.00 bits per heavy atom. The minimum atomic E-state index is 0.386. The van der Waals surface area contributed by atoms with Crippen LogP contribution in [0.5, 0.6) is 0 Å². The molecule has 0 amide bonds. The van der Waals surface area contributed by atoms with E-state index in [4.69, 9.17) is 0 Å². The average Bonchev–Trinajstić information content (AvgIpc) is 2.83. The van der Waals surface area contributed by atoms with Gasteiger partial charge in [0.1, 0.15) is 11.7 Å². The van der Waals surface area contributed by atoms with Crippen LogP contribution in [0.25, 0.3) is 11.0 Å². The van der Waals surface area contributed by atoms with E-state index in [1.54, 1.807) is 0 Å². The van der Waals surface area contributed by atoms with Gasteiger partial charge in [0.2, 0.25) is 0 Å². The minimum Gasteiger partial charge on any atom is -0.285 e. The largest absolute Gasteiger partial charge is 0.285 e. The molecule has 0 radical (unpaired) electrons. The lowest BCUT2D eigenvalue weighted by molar-refractivity contribution is 0.223. The molecule has 0 saturated carbocycles. The summed E-state index contributed by atoms with van der Waals surface area (Å²) in [6.07, 6.45) is 2.80. The standard InChI is InChI=1S/C11H14N4/c1-14-8-4-7-11(14)15-10-6-3-2-5-9(10)12-13-15/h2-3,5-6,11H,4,7-8H2,1H3. The molecule has 2 aromatic rings. The van der Waals surface area contributed by atoms with Crippen LogP contribution in [-0.2, 0) is 0 Å². The van der Waals surface area contributed by atoms with E-state index >= 15 is 0 Å². The second-order valence-corrected chi connectivity index (χ2v) is 4.13. The summed E-state index contributed by atoms with van der Waals surface area (Å²) in [5, 5.41) is 8.44. The second kappa shape index (κ2) is 3.31. The number of aromatic nitrogens is 3. The number of hydrogen-bond acceptors (Lipinski definition) is 3. The maximum Gasteiger partial charge on any atom is 0.113 e. The molecule has 1 unspecified atom stereocenters. The molecule has 1 aliphatic rings. The van der Waals surface area contributed by atoms with Gasteiger partial charge in [0.05, 0.1) is 5.52 Å². The van der Waals surface area contributed by atoms with Crippen LogP contribution in [0, 0.1) is 0 Å². The van der Waals surface area contributed by atoms with Crippen LogP contribution in [0.3, 0.4) is 0 Å². The highest BCUT2D eigenvalue weighted by Gasteiger charge is 2.24. The van der Waals surface area contributed by atoms with Gasteiger partial charge >= 0.3 is 0 Å². The van der Waals surface area contributed by atoms with E-state index < -0.39 is 0 Å². The second-order valence-electron chi connectivity index (χ2n) is 4.13. The Hall–Kier alpha value is -1.42. The van der Waals surface area contributed by atoms with E-state index in [9.17, 15) is 0 Å². The molecule has 1 aliphatic heterocycles. The van der Waals surface area contributed by atoms with E-state index in [0.717, 1.165) is 17.6 Å². The summed E-state index contributed by atoms with van der Waals surface area (Å²) in [4.78, 5) is 2.33. The summed E-state index contributed by atoms with van der Waals surface area (Å²) < 4.78 is 2.04. The fourth-order valence-electron chi connectivity index (χ4n) is 2.31. The highest BCUT2D eigenvalue weighted by Crippen LogP contribution is 2.26. The molecule has 15 heavy (non-hydrogen) atoms. The molecular formula is C11H14N4. The summed E-state index contributed by atoms with van der Waals surface area (Å²) in [6.45, 7) is 1.15. The molecule has 4 nitrogen and oxygen atoms in total. The molecule has 0 N–H and O–H groups in total. The number of nitrogens with zero attached hydrogens (tertiary/aromatic N) is 4. The lowest BCUT2D eigenvalue weighted by Crippen LogP contribution is -2.23. The molecule has 1 fully saturated rings. The summed E-state index contributed by atoms with van der Waals surface area (Å²) in [7, 11) is 2.15. The Labute approximate surface area is 88.5 Å². The Bertz CT molecular complexity index is 476. The normalized spacial score (nSPS) is 22.6. The maximum atomic E-state index is 4.25. The van der Waals surface area contributed by atoms with Crippen molar-refractivity contribution >= 4 is 11.0 Å². The topological polar surface area (TPSA) is 34.0 Å². The molecule has 2 heterocycles. The molecule has 1 aromatic heterocycles. The van der Waals surface area contributed by atoms with Gasteiger partial charge in [0.25, 0.3) is 0 Å². The quantitative estimate of drug-likeness (QED) is 0.705. The van der Waals surface area contributed by atoms with Crippen molar-refractivity contribution in [3.8, 4) is 0 Å². The van der Waals surface area contributed by atoms with Gasteiger partial charge < -0.3 is 0 Å². The SMILES string of the molecule is CN1CCCC1n1nnc2ccccc21. The van der Waals surface area contributed by atoms with Crippen molar-refractivity contribution in [1.82, 2.24) is 19.9 Å². The Morgan fingerprint density at radius 2 is 2.20 bits per heavy atom. The van der Waals surface area contributed by atoms with Crippen molar-refractivity contribution in [3.63, 3.8) is 0 Å². The summed E-state index contributed by atoms with van der Waals surface area (Å²) in [5.41, 5.74) is 2.12. The predicted octanol–water partition coefficient (Wildman–Crippen LogP) is 1.66. The molecule has 0 aliphatic carbocycles.